The van der Waals surface area contributed by atoms with E-state index in [2.05, 4.69) is 25.4 Å². The lowest BCUT2D eigenvalue weighted by atomic mass is 10.1. The van der Waals surface area contributed by atoms with Crippen molar-refractivity contribution in [2.45, 2.75) is 27.3 Å². The van der Waals surface area contributed by atoms with Crippen LogP contribution < -0.4 is 5.32 Å². The molecule has 0 aliphatic carbocycles. The first-order valence-corrected chi connectivity index (χ1v) is 9.59. The van der Waals surface area contributed by atoms with E-state index < -0.39 is 11.9 Å². The van der Waals surface area contributed by atoms with Crippen LogP contribution in [0.2, 0.25) is 0 Å². The molecule has 3 aromatic heterocycles. The number of hydrogen-bond acceptors (Lipinski definition) is 6. The van der Waals surface area contributed by atoms with Crippen LogP contribution in [-0.4, -0.2) is 41.7 Å². The van der Waals surface area contributed by atoms with Crippen LogP contribution in [0, 0.1) is 20.8 Å². The molecule has 2 N–H and O–H groups in total. The molecule has 9 heteroatoms. The van der Waals surface area contributed by atoms with E-state index in [4.69, 9.17) is 5.11 Å². The lowest BCUT2D eigenvalue weighted by Crippen LogP contribution is -2.21. The van der Waals surface area contributed by atoms with Crippen LogP contribution in [0.4, 0.5) is 5.69 Å². The number of rotatable bonds is 5. The summed E-state index contributed by atoms with van der Waals surface area (Å²) >= 11 is 0. The van der Waals surface area contributed by atoms with Gasteiger partial charge in [-0.1, -0.05) is 0 Å². The van der Waals surface area contributed by atoms with Gasteiger partial charge in [0.1, 0.15) is 17.8 Å². The third-order valence-electron chi connectivity index (χ3n) is 4.83. The maximum Gasteiger partial charge on any atom is 0.325 e. The Morgan fingerprint density at radius 1 is 1.06 bits per heavy atom. The molecule has 0 aliphatic rings. The molecular weight excluding hydrogens is 396 g/mol. The Morgan fingerprint density at radius 2 is 1.87 bits per heavy atom. The minimum atomic E-state index is -1.07. The first kappa shape index (κ1) is 20.1. The Balaban J connectivity index is 1.60. The summed E-state index contributed by atoms with van der Waals surface area (Å²) in [5, 5.41) is 15.6. The van der Waals surface area contributed by atoms with E-state index in [9.17, 15) is 9.59 Å². The number of hydrogen-bond donors (Lipinski definition) is 2. The highest BCUT2D eigenvalue weighted by molar-refractivity contribution is 6.03. The van der Waals surface area contributed by atoms with Crippen molar-refractivity contribution in [3.05, 3.63) is 65.2 Å². The second-order valence-electron chi connectivity index (χ2n) is 7.26. The summed E-state index contributed by atoms with van der Waals surface area (Å²) in [5.41, 5.74) is 5.91. The van der Waals surface area contributed by atoms with E-state index in [0.717, 1.165) is 38.1 Å². The zero-order valence-electron chi connectivity index (χ0n) is 17.2. The van der Waals surface area contributed by atoms with Crippen LogP contribution in [0.25, 0.3) is 22.4 Å². The molecule has 0 aliphatic heterocycles. The Bertz CT molecular complexity index is 1330. The van der Waals surface area contributed by atoms with Gasteiger partial charge in [-0.3, -0.25) is 9.59 Å². The average Bonchev–Trinajstić information content (AvgIpc) is 3.16. The summed E-state index contributed by atoms with van der Waals surface area (Å²) < 4.78 is 1.14. The number of fused-ring (bicyclic) bond motifs is 1. The van der Waals surface area contributed by atoms with Gasteiger partial charge >= 0.3 is 5.97 Å². The lowest BCUT2D eigenvalue weighted by Gasteiger charge is -2.11. The number of amides is 1. The molecule has 0 fully saturated rings. The van der Waals surface area contributed by atoms with Gasteiger partial charge in [-0.25, -0.2) is 19.6 Å². The predicted molar refractivity (Wildman–Crippen MR) is 115 cm³/mol. The molecule has 31 heavy (non-hydrogen) atoms. The maximum absolute atomic E-state index is 12.6. The van der Waals surface area contributed by atoms with Crippen molar-refractivity contribution >= 4 is 28.6 Å². The van der Waals surface area contributed by atoms with E-state index in [1.165, 1.54) is 12.3 Å². The molecule has 0 radical (unpaired) electrons. The number of carboxylic acid groups (broad SMARTS) is 1. The molecule has 1 amide bonds. The minimum absolute atomic E-state index is 0.169. The summed E-state index contributed by atoms with van der Waals surface area (Å²) in [7, 11) is 0. The van der Waals surface area contributed by atoms with Crippen molar-refractivity contribution in [2.24, 2.45) is 0 Å². The zero-order valence-corrected chi connectivity index (χ0v) is 17.2. The van der Waals surface area contributed by atoms with E-state index in [1.54, 1.807) is 12.3 Å². The highest BCUT2D eigenvalue weighted by atomic mass is 16.4. The van der Waals surface area contributed by atoms with Crippen molar-refractivity contribution < 1.29 is 14.7 Å². The first-order valence-electron chi connectivity index (χ1n) is 9.59. The van der Waals surface area contributed by atoms with Crippen molar-refractivity contribution in [3.63, 3.8) is 0 Å². The molecule has 0 saturated carbocycles. The summed E-state index contributed by atoms with van der Waals surface area (Å²) in [5.74, 6) is -0.940. The SMILES string of the molecule is Cc1cc(C)c2nc(-c3ccc(NC(=O)c4ccnn4CC(=O)O)c(C)c3)ncc2n1. The maximum atomic E-state index is 12.6. The molecule has 3 heterocycles. The van der Waals surface area contributed by atoms with Crippen molar-refractivity contribution in [3.8, 4) is 11.4 Å². The second-order valence-corrected chi connectivity index (χ2v) is 7.26. The van der Waals surface area contributed by atoms with Gasteiger partial charge < -0.3 is 10.4 Å². The number of aryl methyl sites for hydroxylation is 3. The number of carbonyl (C=O) groups is 2. The average molecular weight is 416 g/mol. The molecule has 0 unspecified atom stereocenters. The molecule has 0 bridgehead atoms. The number of nitrogens with zero attached hydrogens (tertiary/aromatic N) is 5. The number of nitrogens with one attached hydrogen (secondary N) is 1. The second kappa shape index (κ2) is 7.94. The van der Waals surface area contributed by atoms with Crippen molar-refractivity contribution in [1.82, 2.24) is 24.7 Å². The van der Waals surface area contributed by atoms with Crippen LogP contribution >= 0.6 is 0 Å². The Labute approximate surface area is 177 Å². The van der Waals surface area contributed by atoms with Crippen molar-refractivity contribution in [2.75, 3.05) is 5.32 Å². The van der Waals surface area contributed by atoms with E-state index >= 15 is 0 Å². The molecular formula is C22H20N6O3. The Morgan fingerprint density at radius 3 is 2.61 bits per heavy atom. The van der Waals surface area contributed by atoms with Gasteiger partial charge in [-0.2, -0.15) is 5.10 Å². The number of aromatic nitrogens is 5. The predicted octanol–water partition coefficient (Wildman–Crippen LogP) is 3.15. The molecule has 156 valence electrons. The fourth-order valence-electron chi connectivity index (χ4n) is 3.40. The van der Waals surface area contributed by atoms with Crippen LogP contribution in [0.3, 0.4) is 0 Å². The van der Waals surface area contributed by atoms with Crippen LogP contribution in [0.1, 0.15) is 27.3 Å². The fourth-order valence-corrected chi connectivity index (χ4v) is 3.40. The van der Waals surface area contributed by atoms with E-state index in [0.29, 0.717) is 11.5 Å². The van der Waals surface area contributed by atoms with Gasteiger partial charge in [0.2, 0.25) is 0 Å². The normalized spacial score (nSPS) is 10.9. The van der Waals surface area contributed by atoms with Crippen LogP contribution in [-0.2, 0) is 11.3 Å². The van der Waals surface area contributed by atoms with Gasteiger partial charge in [0, 0.05) is 23.1 Å². The van der Waals surface area contributed by atoms with Gasteiger partial charge in [-0.05, 0) is 62.2 Å². The number of benzene rings is 1. The number of carboxylic acids is 1. The molecule has 0 spiro atoms. The highest BCUT2D eigenvalue weighted by Crippen LogP contribution is 2.25. The summed E-state index contributed by atoms with van der Waals surface area (Å²) in [4.78, 5) is 37.1. The van der Waals surface area contributed by atoms with Crippen molar-refractivity contribution in [1.29, 1.82) is 0 Å². The monoisotopic (exact) mass is 416 g/mol. The zero-order chi connectivity index (χ0) is 22.1. The van der Waals surface area contributed by atoms with Gasteiger partial charge in [-0.15, -0.1) is 0 Å². The molecule has 4 aromatic rings. The minimum Gasteiger partial charge on any atom is -0.480 e. The molecule has 4 rings (SSSR count). The highest BCUT2D eigenvalue weighted by Gasteiger charge is 2.16. The Hall–Kier alpha value is -4.14. The Kier molecular flexibility index (Phi) is 5.16. The molecule has 9 nitrogen and oxygen atoms in total. The van der Waals surface area contributed by atoms with Gasteiger partial charge in [0.15, 0.2) is 5.82 Å². The largest absolute Gasteiger partial charge is 0.480 e. The van der Waals surface area contributed by atoms with Crippen LogP contribution in [0.15, 0.2) is 42.7 Å². The lowest BCUT2D eigenvalue weighted by molar-refractivity contribution is -0.137. The van der Waals surface area contributed by atoms with E-state index in [-0.39, 0.29) is 12.2 Å². The topological polar surface area (TPSA) is 123 Å². The third kappa shape index (κ3) is 4.11. The number of pyridine rings is 1. The number of carbonyl (C=O) groups excluding carboxylic acids is 1. The quantitative estimate of drug-likeness (QED) is 0.512. The third-order valence-corrected chi connectivity index (χ3v) is 4.83. The number of aliphatic carboxylic acids is 1. The number of anilines is 1. The standard InChI is InChI=1S/C22H20N6O3/c1-12-9-15(21-23-10-17-20(27-21)13(2)8-14(3)25-17)4-5-16(12)26-22(31)18-6-7-24-28(18)11-19(29)30/h4-10H,11H2,1-3H3,(H,26,31)(H,29,30). The smallest absolute Gasteiger partial charge is 0.325 e. The molecule has 0 saturated heterocycles. The molecule has 0 atom stereocenters. The van der Waals surface area contributed by atoms with Gasteiger partial charge in [0.05, 0.1) is 11.7 Å². The van der Waals surface area contributed by atoms with Gasteiger partial charge in [0.25, 0.3) is 5.91 Å². The summed E-state index contributed by atoms with van der Waals surface area (Å²) in [6.07, 6.45) is 3.11. The fraction of sp³-hybridized carbons (Fsp3) is 0.182. The first-order chi connectivity index (χ1) is 14.8. The van der Waals surface area contributed by atoms with Crippen LogP contribution in [0.5, 0.6) is 0 Å². The molecule has 1 aromatic carbocycles. The van der Waals surface area contributed by atoms with E-state index in [1.807, 2.05) is 39.0 Å². The summed E-state index contributed by atoms with van der Waals surface area (Å²) in [6.45, 7) is 5.41. The summed E-state index contributed by atoms with van der Waals surface area (Å²) in [6, 6.07) is 8.95.